The van der Waals surface area contributed by atoms with Gasteiger partial charge in [-0.2, -0.15) is 0 Å². The van der Waals surface area contributed by atoms with Gasteiger partial charge in [-0.3, -0.25) is 4.79 Å². The minimum absolute atomic E-state index is 0.0628. The molecule has 0 saturated carbocycles. The molecule has 1 amide bonds. The zero-order chi connectivity index (χ0) is 19.6. The normalized spacial score (nSPS) is 15.8. The summed E-state index contributed by atoms with van der Waals surface area (Å²) in [6, 6.07) is 15.0. The van der Waals surface area contributed by atoms with Crippen LogP contribution in [-0.2, 0) is 16.1 Å². The van der Waals surface area contributed by atoms with Crippen LogP contribution in [-0.4, -0.2) is 38.4 Å². The molecule has 3 rings (SSSR count). The maximum Gasteiger partial charge on any atom is 0.258 e. The standard InChI is InChI=1S/C22H27NO5/c1-2-25-20-7-3-4-8-21(20)28-16-22(24)23-14-17-9-11-18(12-10-17)27-15-19-6-5-13-26-19/h3-4,7-12,19H,2,5-6,13-16H2,1H3,(H,23,24). The lowest BCUT2D eigenvalue weighted by Crippen LogP contribution is -2.28. The summed E-state index contributed by atoms with van der Waals surface area (Å²) in [5.74, 6) is 1.81. The molecule has 150 valence electrons. The van der Waals surface area contributed by atoms with E-state index in [0.717, 1.165) is 30.8 Å². The molecular weight excluding hydrogens is 358 g/mol. The summed E-state index contributed by atoms with van der Waals surface area (Å²) >= 11 is 0. The topological polar surface area (TPSA) is 66.0 Å². The molecule has 0 aliphatic carbocycles. The van der Waals surface area contributed by atoms with Crippen molar-refractivity contribution in [2.75, 3.05) is 26.4 Å². The summed E-state index contributed by atoms with van der Waals surface area (Å²) < 4.78 is 22.3. The van der Waals surface area contributed by atoms with Crippen molar-refractivity contribution in [2.45, 2.75) is 32.4 Å². The predicted molar refractivity (Wildman–Crippen MR) is 106 cm³/mol. The van der Waals surface area contributed by atoms with Gasteiger partial charge in [0.05, 0.1) is 12.7 Å². The van der Waals surface area contributed by atoms with E-state index in [4.69, 9.17) is 18.9 Å². The molecule has 1 aliphatic heterocycles. The average Bonchev–Trinajstić information content (AvgIpc) is 3.25. The molecule has 0 bridgehead atoms. The molecule has 6 heteroatoms. The van der Waals surface area contributed by atoms with Crippen molar-refractivity contribution in [3.63, 3.8) is 0 Å². The van der Waals surface area contributed by atoms with Crippen LogP contribution in [0.3, 0.4) is 0 Å². The largest absolute Gasteiger partial charge is 0.491 e. The Balaban J connectivity index is 1.39. The Kier molecular flexibility index (Phi) is 7.55. The second-order valence-corrected chi connectivity index (χ2v) is 6.54. The van der Waals surface area contributed by atoms with E-state index in [2.05, 4.69) is 5.32 Å². The highest BCUT2D eigenvalue weighted by atomic mass is 16.5. The molecule has 0 spiro atoms. The second-order valence-electron chi connectivity index (χ2n) is 6.54. The fourth-order valence-corrected chi connectivity index (χ4v) is 2.91. The number of hydrogen-bond acceptors (Lipinski definition) is 5. The average molecular weight is 385 g/mol. The van der Waals surface area contributed by atoms with Crippen molar-refractivity contribution >= 4 is 5.91 Å². The lowest BCUT2D eigenvalue weighted by molar-refractivity contribution is -0.123. The number of benzene rings is 2. The number of carbonyl (C=O) groups excluding carboxylic acids is 1. The van der Waals surface area contributed by atoms with Gasteiger partial charge in [0.2, 0.25) is 0 Å². The van der Waals surface area contributed by atoms with Gasteiger partial charge in [-0.25, -0.2) is 0 Å². The maximum absolute atomic E-state index is 12.1. The van der Waals surface area contributed by atoms with Gasteiger partial charge in [0.15, 0.2) is 18.1 Å². The zero-order valence-electron chi connectivity index (χ0n) is 16.2. The third kappa shape index (κ3) is 6.16. The number of para-hydroxylation sites is 2. The van der Waals surface area contributed by atoms with Crippen LogP contribution in [0.1, 0.15) is 25.3 Å². The van der Waals surface area contributed by atoms with E-state index < -0.39 is 0 Å². The quantitative estimate of drug-likeness (QED) is 0.680. The van der Waals surface area contributed by atoms with Gasteiger partial charge < -0.3 is 24.3 Å². The SMILES string of the molecule is CCOc1ccccc1OCC(=O)NCc1ccc(OCC2CCCO2)cc1. The van der Waals surface area contributed by atoms with E-state index in [0.29, 0.717) is 31.3 Å². The first-order chi connectivity index (χ1) is 13.7. The zero-order valence-corrected chi connectivity index (χ0v) is 16.2. The summed E-state index contributed by atoms with van der Waals surface area (Å²) in [7, 11) is 0. The van der Waals surface area contributed by atoms with Crippen LogP contribution >= 0.6 is 0 Å². The van der Waals surface area contributed by atoms with E-state index in [1.54, 1.807) is 6.07 Å². The first-order valence-corrected chi connectivity index (χ1v) is 9.69. The number of nitrogens with one attached hydrogen (secondary N) is 1. The molecule has 2 aromatic rings. The fraction of sp³-hybridized carbons (Fsp3) is 0.409. The van der Waals surface area contributed by atoms with Crippen molar-refractivity contribution in [3.8, 4) is 17.2 Å². The van der Waals surface area contributed by atoms with Crippen LogP contribution in [0.5, 0.6) is 17.2 Å². The third-order valence-corrected chi connectivity index (χ3v) is 4.38. The molecule has 2 aromatic carbocycles. The first-order valence-electron chi connectivity index (χ1n) is 9.69. The molecule has 1 saturated heterocycles. The molecule has 1 aliphatic rings. The van der Waals surface area contributed by atoms with Gasteiger partial charge in [-0.1, -0.05) is 24.3 Å². The molecule has 1 fully saturated rings. The van der Waals surface area contributed by atoms with Gasteiger partial charge in [-0.05, 0) is 49.6 Å². The van der Waals surface area contributed by atoms with E-state index in [9.17, 15) is 4.79 Å². The highest BCUT2D eigenvalue weighted by Crippen LogP contribution is 2.26. The first kappa shape index (κ1) is 20.0. The Morgan fingerprint density at radius 2 is 1.82 bits per heavy atom. The van der Waals surface area contributed by atoms with Crippen molar-refractivity contribution in [1.82, 2.24) is 5.32 Å². The van der Waals surface area contributed by atoms with Gasteiger partial charge >= 0.3 is 0 Å². The molecule has 28 heavy (non-hydrogen) atoms. The van der Waals surface area contributed by atoms with Crippen LogP contribution in [0.25, 0.3) is 0 Å². The molecule has 0 radical (unpaired) electrons. The number of rotatable bonds is 10. The van der Waals surface area contributed by atoms with Crippen molar-refractivity contribution in [1.29, 1.82) is 0 Å². The lowest BCUT2D eigenvalue weighted by atomic mass is 10.2. The van der Waals surface area contributed by atoms with Crippen molar-refractivity contribution in [2.24, 2.45) is 0 Å². The predicted octanol–water partition coefficient (Wildman–Crippen LogP) is 3.34. The highest BCUT2D eigenvalue weighted by molar-refractivity contribution is 5.77. The number of ether oxygens (including phenoxy) is 4. The number of amides is 1. The Labute approximate surface area is 165 Å². The number of hydrogen-bond donors (Lipinski definition) is 1. The summed E-state index contributed by atoms with van der Waals surface area (Å²) in [6.45, 7) is 4.22. The monoisotopic (exact) mass is 385 g/mol. The van der Waals surface area contributed by atoms with Crippen LogP contribution < -0.4 is 19.5 Å². The van der Waals surface area contributed by atoms with Crippen molar-refractivity contribution < 1.29 is 23.7 Å². The highest BCUT2D eigenvalue weighted by Gasteiger charge is 2.15. The molecule has 1 unspecified atom stereocenters. The minimum Gasteiger partial charge on any atom is -0.491 e. The molecule has 1 heterocycles. The molecule has 6 nitrogen and oxygen atoms in total. The van der Waals surface area contributed by atoms with Crippen molar-refractivity contribution in [3.05, 3.63) is 54.1 Å². The van der Waals surface area contributed by atoms with Crippen LogP contribution in [0.15, 0.2) is 48.5 Å². The summed E-state index contributed by atoms with van der Waals surface area (Å²) in [5, 5.41) is 2.85. The van der Waals surface area contributed by atoms with Crippen LogP contribution in [0, 0.1) is 0 Å². The summed E-state index contributed by atoms with van der Waals surface area (Å²) in [6.07, 6.45) is 2.36. The Morgan fingerprint density at radius 1 is 1.07 bits per heavy atom. The molecule has 1 N–H and O–H groups in total. The van der Waals surface area contributed by atoms with E-state index in [1.807, 2.05) is 49.4 Å². The van der Waals surface area contributed by atoms with Gasteiger partial charge in [0, 0.05) is 13.2 Å². The molecular formula is C22H27NO5. The van der Waals surface area contributed by atoms with Gasteiger partial charge in [-0.15, -0.1) is 0 Å². The second kappa shape index (κ2) is 10.6. The Bertz CT molecular complexity index is 741. The van der Waals surface area contributed by atoms with Crippen LogP contribution in [0.4, 0.5) is 0 Å². The molecule has 0 aromatic heterocycles. The van der Waals surface area contributed by atoms with E-state index in [1.165, 1.54) is 0 Å². The van der Waals surface area contributed by atoms with Crippen LogP contribution in [0.2, 0.25) is 0 Å². The van der Waals surface area contributed by atoms with Gasteiger partial charge in [0.1, 0.15) is 12.4 Å². The summed E-state index contributed by atoms with van der Waals surface area (Å²) in [5.41, 5.74) is 0.993. The third-order valence-electron chi connectivity index (χ3n) is 4.38. The smallest absolute Gasteiger partial charge is 0.258 e. The number of carbonyl (C=O) groups is 1. The maximum atomic E-state index is 12.1. The lowest BCUT2D eigenvalue weighted by Gasteiger charge is -2.12. The van der Waals surface area contributed by atoms with E-state index in [-0.39, 0.29) is 18.6 Å². The van der Waals surface area contributed by atoms with Gasteiger partial charge in [0.25, 0.3) is 5.91 Å². The minimum atomic E-state index is -0.190. The fourth-order valence-electron chi connectivity index (χ4n) is 2.91. The van der Waals surface area contributed by atoms with E-state index >= 15 is 0 Å². The Hall–Kier alpha value is -2.73. The summed E-state index contributed by atoms with van der Waals surface area (Å²) in [4.78, 5) is 12.1. The molecule has 1 atom stereocenters. The Morgan fingerprint density at radius 3 is 2.50 bits per heavy atom.